The van der Waals surface area contributed by atoms with Gasteiger partial charge in [0.1, 0.15) is 0 Å². The normalized spacial score (nSPS) is 5.83. The monoisotopic (exact) mass is 106 g/mol. The van der Waals surface area contributed by atoms with Crippen LogP contribution in [-0.2, 0) is 4.57 Å². The Morgan fingerprint density at radius 1 is 1.33 bits per heavy atom. The second-order valence-corrected chi connectivity index (χ2v) is 0.848. The van der Waals surface area contributed by atoms with Crippen LogP contribution in [0.2, 0.25) is 0 Å². The third-order valence-corrected chi connectivity index (χ3v) is 0. The maximum atomic E-state index is 8.74. The molecule has 0 amide bonds. The van der Waals surface area contributed by atoms with Crippen LogP contribution in [0.3, 0.4) is 0 Å². The van der Waals surface area contributed by atoms with E-state index in [1.807, 2.05) is 0 Å². The third kappa shape index (κ3) is 129. The van der Waals surface area contributed by atoms with E-state index in [-0.39, 0.29) is 24.3 Å². The van der Waals surface area contributed by atoms with E-state index >= 15 is 0 Å². The first-order valence-electron chi connectivity index (χ1n) is 0.651. The summed E-state index contributed by atoms with van der Waals surface area (Å²) >= 11 is 0. The van der Waals surface area contributed by atoms with Crippen molar-refractivity contribution >= 4 is 8.25 Å². The largest absolute Gasteiger partial charge is 1.00 e. The fraction of sp³-hybridized carbons (Fsp3) is 0. The van der Waals surface area contributed by atoms with Gasteiger partial charge in [-0.25, -0.2) is 0 Å². The van der Waals surface area contributed by atoms with E-state index in [2.05, 4.69) is 0 Å². The van der Waals surface area contributed by atoms with Crippen molar-refractivity contribution in [2.75, 3.05) is 0 Å². The number of hydrogen-bond donors (Lipinski definition) is 2. The summed E-state index contributed by atoms with van der Waals surface area (Å²) in [4.78, 5) is 14.3. The molecule has 0 aromatic carbocycles. The second-order valence-electron chi connectivity index (χ2n) is 0.283. The summed E-state index contributed by atoms with van der Waals surface area (Å²) in [7, 11) is -3.13. The standard InChI is InChI=1S/Li.H3O3P.H2O/c;1-4(2)3;/h;4H,(H2,1,2,3);1H2/q+1;;/p-1. The molecule has 4 nitrogen and oxygen atoms in total. The molecule has 0 spiro atoms. The summed E-state index contributed by atoms with van der Waals surface area (Å²) in [5.41, 5.74) is 0. The van der Waals surface area contributed by atoms with Crippen LogP contribution in [0.1, 0.15) is 0 Å². The van der Waals surface area contributed by atoms with Gasteiger partial charge < -0.3 is 15.3 Å². The van der Waals surface area contributed by atoms with E-state index in [1.165, 1.54) is 0 Å². The molecule has 0 fully saturated rings. The van der Waals surface area contributed by atoms with Crippen molar-refractivity contribution in [1.82, 2.24) is 0 Å². The molecule has 0 aliphatic carbocycles. The molecule has 0 heterocycles. The van der Waals surface area contributed by atoms with E-state index in [4.69, 9.17) is 14.4 Å². The van der Waals surface area contributed by atoms with Gasteiger partial charge in [0, 0.05) is 0 Å². The average Bonchev–Trinajstić information content (AvgIpc) is 0.811. The smallest absolute Gasteiger partial charge is 0.870 e. The van der Waals surface area contributed by atoms with Gasteiger partial charge in [0.15, 0.2) is 0 Å². The minimum Gasteiger partial charge on any atom is -0.870 e. The molecule has 0 aromatic heterocycles. The maximum absolute atomic E-state index is 8.74. The number of rotatable bonds is 0. The van der Waals surface area contributed by atoms with Gasteiger partial charge in [-0.15, -0.1) is 0 Å². The fourth-order valence-electron chi connectivity index (χ4n) is 0. The predicted molar refractivity (Wildman–Crippen MR) is 15.4 cm³/mol. The van der Waals surface area contributed by atoms with Crippen molar-refractivity contribution in [2.45, 2.75) is 0 Å². The molecule has 34 valence electrons. The van der Waals surface area contributed by atoms with Crippen LogP contribution >= 0.6 is 8.25 Å². The van der Waals surface area contributed by atoms with E-state index in [0.717, 1.165) is 0 Å². The molecule has 0 aliphatic rings. The maximum Gasteiger partial charge on any atom is 1.00 e. The molecule has 0 radical (unpaired) electrons. The zero-order valence-electron chi connectivity index (χ0n) is 3.25. The minimum atomic E-state index is -3.13. The fourth-order valence-corrected chi connectivity index (χ4v) is 0. The molecule has 0 rings (SSSR count). The molecule has 0 aliphatic heterocycles. The molecule has 0 unspecified atom stereocenters. The summed E-state index contributed by atoms with van der Waals surface area (Å²) in [6, 6.07) is 0. The Labute approximate surface area is 47.6 Å². The van der Waals surface area contributed by atoms with Crippen molar-refractivity contribution in [2.24, 2.45) is 0 Å². The van der Waals surface area contributed by atoms with Crippen molar-refractivity contribution in [3.63, 3.8) is 0 Å². The van der Waals surface area contributed by atoms with Gasteiger partial charge in [-0.05, 0) is 0 Å². The zero-order chi connectivity index (χ0) is 3.58. The van der Waals surface area contributed by atoms with Crippen molar-refractivity contribution in [1.29, 1.82) is 0 Å². The number of hydrogen-bond acceptors (Lipinski definition) is 2. The second kappa shape index (κ2) is 9.20. The molecule has 0 bridgehead atoms. The Bertz CT molecular complexity index is 30.5. The molecular weight excluding hydrogens is 102 g/mol. The zero-order valence-corrected chi connectivity index (χ0v) is 4.25. The first kappa shape index (κ1) is 15.9. The van der Waals surface area contributed by atoms with Gasteiger partial charge >= 0.3 is 27.1 Å². The van der Waals surface area contributed by atoms with Crippen LogP contribution in [0.5, 0.6) is 0 Å². The van der Waals surface area contributed by atoms with Gasteiger partial charge in [-0.3, -0.25) is 4.57 Å². The van der Waals surface area contributed by atoms with E-state index in [9.17, 15) is 0 Å². The minimum absolute atomic E-state index is 0. The van der Waals surface area contributed by atoms with Gasteiger partial charge in [0.05, 0.1) is 0 Å². The molecule has 6 heteroatoms. The summed E-state index contributed by atoms with van der Waals surface area (Å²) in [5, 5.41) is 0. The Balaban J connectivity index is -0.0000000450. The molecular formula is H4LiO4P. The summed E-state index contributed by atoms with van der Waals surface area (Å²) in [6.07, 6.45) is 0. The summed E-state index contributed by atoms with van der Waals surface area (Å²) in [5.74, 6) is 0. The summed E-state index contributed by atoms with van der Waals surface area (Å²) < 4.78 is 8.74. The van der Waals surface area contributed by atoms with Crippen LogP contribution in [0.15, 0.2) is 0 Å². The molecule has 0 atom stereocenters. The SMILES string of the molecule is O=[PH](O)O.[Li+].[OH-]. The predicted octanol–water partition coefficient (Wildman–Crippen LogP) is -3.81. The van der Waals surface area contributed by atoms with Gasteiger partial charge in [0.25, 0.3) is 0 Å². The Hall–Kier alpha value is 0.707. The topological polar surface area (TPSA) is 87.5 Å². The van der Waals surface area contributed by atoms with Crippen molar-refractivity contribution in [3.05, 3.63) is 0 Å². The first-order chi connectivity index (χ1) is 1.73. The average molecular weight is 106 g/mol. The van der Waals surface area contributed by atoms with Crippen LogP contribution in [0, 0.1) is 0 Å². The molecule has 3 N–H and O–H groups in total. The van der Waals surface area contributed by atoms with Gasteiger partial charge in [-0.2, -0.15) is 0 Å². The molecule has 0 aromatic rings. The van der Waals surface area contributed by atoms with Gasteiger partial charge in [-0.1, -0.05) is 0 Å². The van der Waals surface area contributed by atoms with Crippen LogP contribution in [-0.4, -0.2) is 15.3 Å². The first-order valence-corrected chi connectivity index (χ1v) is 1.95. The van der Waals surface area contributed by atoms with Crippen LogP contribution in [0.4, 0.5) is 0 Å². The van der Waals surface area contributed by atoms with E-state index in [1.54, 1.807) is 0 Å². The Morgan fingerprint density at radius 3 is 1.33 bits per heavy atom. The van der Waals surface area contributed by atoms with Gasteiger partial charge in [0.2, 0.25) is 0 Å². The van der Waals surface area contributed by atoms with E-state index in [0.29, 0.717) is 0 Å². The van der Waals surface area contributed by atoms with Crippen molar-refractivity contribution < 1.29 is 38.7 Å². The molecule has 0 saturated heterocycles. The van der Waals surface area contributed by atoms with Crippen LogP contribution < -0.4 is 18.9 Å². The van der Waals surface area contributed by atoms with E-state index < -0.39 is 8.25 Å². The molecule has 6 heavy (non-hydrogen) atoms. The summed E-state index contributed by atoms with van der Waals surface area (Å²) in [6.45, 7) is 0. The van der Waals surface area contributed by atoms with Crippen LogP contribution in [0.25, 0.3) is 0 Å². The third-order valence-electron chi connectivity index (χ3n) is 0. The van der Waals surface area contributed by atoms with Crippen molar-refractivity contribution in [3.8, 4) is 0 Å². The molecule has 0 saturated carbocycles. The Kier molecular flexibility index (Phi) is 24.4. The Morgan fingerprint density at radius 2 is 1.33 bits per heavy atom. The quantitative estimate of drug-likeness (QED) is 0.245.